The standard InChI is InChI=1S/C21H42N6O3/c1-16(2)13-28-10-7-22-19-25-20(23-8-11-29-14-17(3)4)27-21(26-19)24-9-12-30-15-18(5)6/h16-18H,7-15H2,1-6H3,(H3,22,23,24,25,26,27). The molecule has 30 heavy (non-hydrogen) atoms. The molecule has 174 valence electrons. The predicted octanol–water partition coefficient (Wildman–Crippen LogP) is 3.13. The Morgan fingerprint density at radius 3 is 1.03 bits per heavy atom. The number of aromatic nitrogens is 3. The molecule has 0 saturated heterocycles. The van der Waals surface area contributed by atoms with Crippen molar-refractivity contribution in [2.75, 3.05) is 75.2 Å². The molecular weight excluding hydrogens is 384 g/mol. The Morgan fingerprint density at radius 2 is 0.800 bits per heavy atom. The van der Waals surface area contributed by atoms with E-state index < -0.39 is 0 Å². The normalized spacial score (nSPS) is 11.5. The van der Waals surface area contributed by atoms with Crippen molar-refractivity contribution in [1.29, 1.82) is 0 Å². The minimum Gasteiger partial charge on any atom is -0.379 e. The van der Waals surface area contributed by atoms with E-state index in [0.29, 0.717) is 75.1 Å². The molecule has 1 rings (SSSR count). The van der Waals surface area contributed by atoms with Gasteiger partial charge in [0.05, 0.1) is 19.8 Å². The first-order valence-corrected chi connectivity index (χ1v) is 11.1. The van der Waals surface area contributed by atoms with Gasteiger partial charge < -0.3 is 30.2 Å². The van der Waals surface area contributed by atoms with Crippen molar-refractivity contribution in [2.24, 2.45) is 17.8 Å². The van der Waals surface area contributed by atoms with E-state index in [9.17, 15) is 0 Å². The fourth-order valence-corrected chi connectivity index (χ4v) is 2.28. The molecule has 9 nitrogen and oxygen atoms in total. The van der Waals surface area contributed by atoms with Crippen LogP contribution in [-0.2, 0) is 14.2 Å². The number of ether oxygens (including phenoxy) is 3. The van der Waals surface area contributed by atoms with Gasteiger partial charge in [0, 0.05) is 39.5 Å². The molecule has 0 saturated carbocycles. The molecule has 0 atom stereocenters. The van der Waals surface area contributed by atoms with Crippen LogP contribution >= 0.6 is 0 Å². The Bertz CT molecular complexity index is 469. The third-order valence-electron chi connectivity index (χ3n) is 3.58. The van der Waals surface area contributed by atoms with Gasteiger partial charge in [-0.1, -0.05) is 41.5 Å². The Labute approximate surface area is 182 Å². The van der Waals surface area contributed by atoms with Gasteiger partial charge in [-0.05, 0) is 17.8 Å². The van der Waals surface area contributed by atoms with E-state index >= 15 is 0 Å². The Kier molecular flexibility index (Phi) is 14.1. The molecule has 0 aliphatic heterocycles. The van der Waals surface area contributed by atoms with Crippen molar-refractivity contribution < 1.29 is 14.2 Å². The number of rotatable bonds is 18. The molecule has 0 amide bonds. The summed E-state index contributed by atoms with van der Waals surface area (Å²) in [5, 5.41) is 9.61. The second-order valence-corrected chi connectivity index (χ2v) is 8.49. The molecule has 0 radical (unpaired) electrons. The minimum absolute atomic E-state index is 0.509. The predicted molar refractivity (Wildman–Crippen MR) is 122 cm³/mol. The van der Waals surface area contributed by atoms with Crippen LogP contribution in [0.15, 0.2) is 0 Å². The van der Waals surface area contributed by atoms with Crippen LogP contribution in [0.3, 0.4) is 0 Å². The number of nitrogens with zero attached hydrogens (tertiary/aromatic N) is 3. The van der Waals surface area contributed by atoms with E-state index in [-0.39, 0.29) is 0 Å². The fraction of sp³-hybridized carbons (Fsp3) is 0.857. The number of hydrogen-bond donors (Lipinski definition) is 3. The van der Waals surface area contributed by atoms with Crippen molar-refractivity contribution in [1.82, 2.24) is 15.0 Å². The topological polar surface area (TPSA) is 102 Å². The third kappa shape index (κ3) is 14.3. The Balaban J connectivity index is 2.53. The first-order chi connectivity index (χ1) is 14.4. The molecule has 0 aliphatic carbocycles. The summed E-state index contributed by atoms with van der Waals surface area (Å²) in [4.78, 5) is 13.3. The molecule has 1 aromatic heterocycles. The van der Waals surface area contributed by atoms with Crippen molar-refractivity contribution >= 4 is 17.8 Å². The first-order valence-electron chi connectivity index (χ1n) is 11.1. The van der Waals surface area contributed by atoms with E-state index in [0.717, 1.165) is 19.8 Å². The first kappa shape index (κ1) is 26.3. The summed E-state index contributed by atoms with van der Waals surface area (Å²) in [5.74, 6) is 3.08. The van der Waals surface area contributed by atoms with Gasteiger partial charge in [-0.2, -0.15) is 15.0 Å². The van der Waals surface area contributed by atoms with Crippen LogP contribution in [0, 0.1) is 17.8 Å². The van der Waals surface area contributed by atoms with E-state index in [4.69, 9.17) is 14.2 Å². The summed E-state index contributed by atoms with van der Waals surface area (Å²) in [6.45, 7) is 18.7. The largest absolute Gasteiger partial charge is 0.379 e. The number of anilines is 3. The summed E-state index contributed by atoms with van der Waals surface area (Å²) in [7, 11) is 0. The van der Waals surface area contributed by atoms with Crippen LogP contribution in [0.4, 0.5) is 17.8 Å². The third-order valence-corrected chi connectivity index (χ3v) is 3.58. The summed E-state index contributed by atoms with van der Waals surface area (Å²) in [5.41, 5.74) is 0. The molecule has 0 unspecified atom stereocenters. The summed E-state index contributed by atoms with van der Waals surface area (Å²) >= 11 is 0. The molecule has 9 heteroatoms. The van der Waals surface area contributed by atoms with Crippen molar-refractivity contribution in [3.05, 3.63) is 0 Å². The smallest absolute Gasteiger partial charge is 0.229 e. The van der Waals surface area contributed by atoms with Gasteiger partial charge in [-0.3, -0.25) is 0 Å². The number of hydrogen-bond acceptors (Lipinski definition) is 9. The number of nitrogens with one attached hydrogen (secondary N) is 3. The molecule has 0 bridgehead atoms. The van der Waals surface area contributed by atoms with Gasteiger partial charge in [-0.25, -0.2) is 0 Å². The Morgan fingerprint density at radius 1 is 0.533 bits per heavy atom. The second kappa shape index (κ2) is 16.0. The van der Waals surface area contributed by atoms with Gasteiger partial charge in [0.25, 0.3) is 0 Å². The van der Waals surface area contributed by atoms with Gasteiger partial charge >= 0.3 is 0 Å². The van der Waals surface area contributed by atoms with Gasteiger partial charge in [-0.15, -0.1) is 0 Å². The maximum Gasteiger partial charge on any atom is 0.229 e. The molecular formula is C21H42N6O3. The lowest BCUT2D eigenvalue weighted by molar-refractivity contribution is 0.118. The van der Waals surface area contributed by atoms with E-state index in [1.54, 1.807) is 0 Å². The molecule has 3 N–H and O–H groups in total. The molecule has 1 aromatic rings. The lowest BCUT2D eigenvalue weighted by Gasteiger charge is -2.13. The van der Waals surface area contributed by atoms with Crippen LogP contribution in [0.25, 0.3) is 0 Å². The quantitative estimate of drug-likeness (QED) is 0.305. The molecule has 0 aromatic carbocycles. The van der Waals surface area contributed by atoms with Crippen LogP contribution in [0.5, 0.6) is 0 Å². The summed E-state index contributed by atoms with van der Waals surface area (Å²) < 4.78 is 16.8. The van der Waals surface area contributed by atoms with Crippen LogP contribution < -0.4 is 16.0 Å². The van der Waals surface area contributed by atoms with E-state index in [2.05, 4.69) is 72.4 Å². The van der Waals surface area contributed by atoms with Gasteiger partial charge in [0.15, 0.2) is 0 Å². The second-order valence-electron chi connectivity index (χ2n) is 8.49. The van der Waals surface area contributed by atoms with Gasteiger partial charge in [0.2, 0.25) is 17.8 Å². The molecule has 0 aliphatic rings. The maximum absolute atomic E-state index is 5.60. The van der Waals surface area contributed by atoms with E-state index in [1.807, 2.05) is 0 Å². The average Bonchev–Trinajstić information content (AvgIpc) is 2.66. The van der Waals surface area contributed by atoms with Crippen LogP contribution in [0.2, 0.25) is 0 Å². The average molecular weight is 427 g/mol. The highest BCUT2D eigenvalue weighted by Crippen LogP contribution is 2.09. The lowest BCUT2D eigenvalue weighted by atomic mass is 10.2. The van der Waals surface area contributed by atoms with Crippen molar-refractivity contribution in [3.8, 4) is 0 Å². The lowest BCUT2D eigenvalue weighted by Crippen LogP contribution is -2.19. The highest BCUT2D eigenvalue weighted by Gasteiger charge is 2.07. The summed E-state index contributed by atoms with van der Waals surface area (Å²) in [6.07, 6.45) is 0. The van der Waals surface area contributed by atoms with Crippen LogP contribution in [0.1, 0.15) is 41.5 Å². The zero-order valence-electron chi connectivity index (χ0n) is 19.7. The monoisotopic (exact) mass is 426 g/mol. The zero-order valence-corrected chi connectivity index (χ0v) is 19.7. The molecule has 1 heterocycles. The zero-order chi connectivity index (χ0) is 22.2. The fourth-order valence-electron chi connectivity index (χ4n) is 2.28. The van der Waals surface area contributed by atoms with Crippen LogP contribution in [-0.4, -0.2) is 74.2 Å². The minimum atomic E-state index is 0.509. The van der Waals surface area contributed by atoms with Gasteiger partial charge in [0.1, 0.15) is 0 Å². The Hall–Kier alpha value is -1.71. The summed E-state index contributed by atoms with van der Waals surface area (Å²) in [6, 6.07) is 0. The van der Waals surface area contributed by atoms with E-state index in [1.165, 1.54) is 0 Å². The molecule has 0 spiro atoms. The maximum atomic E-state index is 5.60. The molecule has 0 fully saturated rings. The highest BCUT2D eigenvalue weighted by atomic mass is 16.5. The highest BCUT2D eigenvalue weighted by molar-refractivity contribution is 5.42. The van der Waals surface area contributed by atoms with Crippen molar-refractivity contribution in [3.63, 3.8) is 0 Å². The SMILES string of the molecule is CC(C)COCCNc1nc(NCCOCC(C)C)nc(NCCOCC(C)C)n1. The van der Waals surface area contributed by atoms with Crippen molar-refractivity contribution in [2.45, 2.75) is 41.5 Å².